The number of hydrogen-bond acceptors (Lipinski definition) is 2. The third-order valence-electron chi connectivity index (χ3n) is 3.28. The van der Waals surface area contributed by atoms with Crippen molar-refractivity contribution in [2.75, 3.05) is 18.5 Å². The largest absolute Gasteiger partial charge is 0.393 e. The summed E-state index contributed by atoms with van der Waals surface area (Å²) in [6.07, 6.45) is 3.39. The van der Waals surface area contributed by atoms with Crippen LogP contribution in [0.2, 0.25) is 0 Å². The molecule has 0 amide bonds. The predicted octanol–water partition coefficient (Wildman–Crippen LogP) is 2.58. The van der Waals surface area contributed by atoms with E-state index in [1.807, 2.05) is 6.07 Å². The van der Waals surface area contributed by atoms with Gasteiger partial charge in [-0.15, -0.1) is 0 Å². The molecular formula is C13H18N2S. The molecule has 0 atom stereocenters. The Hall–Kier alpha value is -1.09. The molecule has 1 aliphatic rings. The molecule has 1 aromatic rings. The minimum absolute atomic E-state index is 0.358. The van der Waals surface area contributed by atoms with E-state index in [0.717, 1.165) is 13.0 Å². The maximum absolute atomic E-state index is 5.65. The van der Waals surface area contributed by atoms with Gasteiger partial charge < -0.3 is 10.6 Å². The minimum atomic E-state index is 0.358. The fourth-order valence-electron chi connectivity index (χ4n) is 2.21. The Bertz CT molecular complexity index is 371. The van der Waals surface area contributed by atoms with Crippen LogP contribution in [-0.2, 0) is 0 Å². The highest BCUT2D eigenvalue weighted by Gasteiger charge is 2.43. The van der Waals surface area contributed by atoms with Gasteiger partial charge in [0.1, 0.15) is 0 Å². The maximum Gasteiger partial charge on any atom is 0.0733 e. The zero-order valence-corrected chi connectivity index (χ0v) is 10.5. The topological polar surface area (TPSA) is 29.3 Å². The van der Waals surface area contributed by atoms with E-state index in [1.165, 1.54) is 18.5 Å². The number of rotatable bonds is 5. The Morgan fingerprint density at radius 3 is 2.50 bits per heavy atom. The molecule has 1 aromatic carbocycles. The lowest BCUT2D eigenvalue weighted by Crippen LogP contribution is -2.29. The predicted molar refractivity (Wildman–Crippen MR) is 72.8 cm³/mol. The molecule has 16 heavy (non-hydrogen) atoms. The van der Waals surface area contributed by atoms with Crippen LogP contribution in [0.25, 0.3) is 0 Å². The lowest BCUT2D eigenvalue weighted by molar-refractivity contribution is 0.533. The van der Waals surface area contributed by atoms with Gasteiger partial charge in [-0.2, -0.15) is 0 Å². The van der Waals surface area contributed by atoms with E-state index >= 15 is 0 Å². The van der Waals surface area contributed by atoms with E-state index in [1.54, 1.807) is 0 Å². The van der Waals surface area contributed by atoms with Crippen LogP contribution in [0, 0.1) is 5.41 Å². The summed E-state index contributed by atoms with van der Waals surface area (Å²) in [5, 5.41) is 0. The Labute approximate surface area is 102 Å². The summed E-state index contributed by atoms with van der Waals surface area (Å²) in [4.78, 5) is 2.95. The average Bonchev–Trinajstić information content (AvgIpc) is 2.98. The van der Waals surface area contributed by atoms with Crippen molar-refractivity contribution in [1.82, 2.24) is 0 Å². The standard InChI is InChI=1S/C13H18N2S/c1-15(11-5-3-2-4-6-11)10-13(7-8-13)9-12(14)16/h2-6H,7-10H2,1H3,(H2,14,16). The second-order valence-electron chi connectivity index (χ2n) is 4.83. The van der Waals surface area contributed by atoms with E-state index in [0.29, 0.717) is 10.4 Å². The molecule has 0 radical (unpaired) electrons. The average molecular weight is 234 g/mol. The van der Waals surface area contributed by atoms with Crippen LogP contribution in [0.15, 0.2) is 30.3 Å². The molecule has 0 aliphatic heterocycles. The first-order valence-electron chi connectivity index (χ1n) is 5.66. The quantitative estimate of drug-likeness (QED) is 0.794. The number of nitrogens with zero attached hydrogens (tertiary/aromatic N) is 1. The molecule has 3 heteroatoms. The Balaban J connectivity index is 1.98. The van der Waals surface area contributed by atoms with Crippen molar-refractivity contribution in [2.24, 2.45) is 11.1 Å². The van der Waals surface area contributed by atoms with Crippen molar-refractivity contribution in [3.63, 3.8) is 0 Å². The normalized spacial score (nSPS) is 16.8. The molecule has 0 heterocycles. The van der Waals surface area contributed by atoms with Gasteiger partial charge >= 0.3 is 0 Å². The molecule has 0 unspecified atom stereocenters. The lowest BCUT2D eigenvalue weighted by atomic mass is 10.0. The highest BCUT2D eigenvalue weighted by atomic mass is 32.1. The first-order chi connectivity index (χ1) is 7.61. The number of benzene rings is 1. The van der Waals surface area contributed by atoms with Crippen molar-refractivity contribution in [2.45, 2.75) is 19.3 Å². The van der Waals surface area contributed by atoms with Gasteiger partial charge in [0, 0.05) is 25.7 Å². The van der Waals surface area contributed by atoms with E-state index in [9.17, 15) is 0 Å². The molecule has 2 rings (SSSR count). The zero-order chi connectivity index (χ0) is 11.6. The van der Waals surface area contributed by atoms with Crippen molar-refractivity contribution < 1.29 is 0 Å². The van der Waals surface area contributed by atoms with Gasteiger partial charge in [0.15, 0.2) is 0 Å². The van der Waals surface area contributed by atoms with Crippen molar-refractivity contribution >= 4 is 22.9 Å². The first-order valence-corrected chi connectivity index (χ1v) is 6.07. The highest BCUT2D eigenvalue weighted by Crippen LogP contribution is 2.49. The van der Waals surface area contributed by atoms with Crippen LogP contribution < -0.4 is 10.6 Å². The number of nitrogens with two attached hydrogens (primary N) is 1. The van der Waals surface area contributed by atoms with Crippen LogP contribution in [0.1, 0.15) is 19.3 Å². The molecule has 0 saturated heterocycles. The van der Waals surface area contributed by atoms with Crippen LogP contribution in [0.4, 0.5) is 5.69 Å². The second kappa shape index (κ2) is 4.42. The Morgan fingerprint density at radius 2 is 2.00 bits per heavy atom. The minimum Gasteiger partial charge on any atom is -0.393 e. The monoisotopic (exact) mass is 234 g/mol. The van der Waals surface area contributed by atoms with Gasteiger partial charge in [-0.25, -0.2) is 0 Å². The third kappa shape index (κ3) is 2.73. The van der Waals surface area contributed by atoms with Crippen LogP contribution in [0.3, 0.4) is 0 Å². The summed E-state index contributed by atoms with van der Waals surface area (Å²) < 4.78 is 0. The van der Waals surface area contributed by atoms with E-state index in [4.69, 9.17) is 18.0 Å². The molecule has 86 valence electrons. The molecule has 0 bridgehead atoms. The summed E-state index contributed by atoms with van der Waals surface area (Å²) in [5.74, 6) is 0. The van der Waals surface area contributed by atoms with Gasteiger partial charge in [0.25, 0.3) is 0 Å². The fraction of sp³-hybridized carbons (Fsp3) is 0.462. The Morgan fingerprint density at radius 1 is 1.38 bits per heavy atom. The SMILES string of the molecule is CN(CC1(CC(N)=S)CC1)c1ccccc1. The van der Waals surface area contributed by atoms with Crippen LogP contribution in [-0.4, -0.2) is 18.6 Å². The van der Waals surface area contributed by atoms with Gasteiger partial charge in [0.05, 0.1) is 4.99 Å². The van der Waals surface area contributed by atoms with E-state index in [2.05, 4.69) is 36.2 Å². The molecule has 0 spiro atoms. The maximum atomic E-state index is 5.65. The van der Waals surface area contributed by atoms with Gasteiger partial charge in [-0.1, -0.05) is 30.4 Å². The summed E-state index contributed by atoms with van der Waals surface area (Å²) in [5.41, 5.74) is 7.26. The number of anilines is 1. The van der Waals surface area contributed by atoms with E-state index < -0.39 is 0 Å². The molecular weight excluding hydrogens is 216 g/mol. The number of thiocarbonyl (C=S) groups is 1. The molecule has 2 N–H and O–H groups in total. The van der Waals surface area contributed by atoms with Gasteiger partial charge in [-0.3, -0.25) is 0 Å². The lowest BCUT2D eigenvalue weighted by Gasteiger charge is -2.25. The molecule has 0 aromatic heterocycles. The zero-order valence-electron chi connectivity index (χ0n) is 9.65. The van der Waals surface area contributed by atoms with Gasteiger partial charge in [0.2, 0.25) is 0 Å². The van der Waals surface area contributed by atoms with Crippen molar-refractivity contribution in [3.05, 3.63) is 30.3 Å². The number of hydrogen-bond donors (Lipinski definition) is 1. The van der Waals surface area contributed by atoms with E-state index in [-0.39, 0.29) is 0 Å². The van der Waals surface area contributed by atoms with Gasteiger partial charge in [-0.05, 0) is 30.4 Å². The summed E-state index contributed by atoms with van der Waals surface area (Å²) in [7, 11) is 2.13. The molecule has 2 nitrogen and oxygen atoms in total. The number of para-hydroxylation sites is 1. The smallest absolute Gasteiger partial charge is 0.0733 e. The first kappa shape index (κ1) is 11.4. The summed E-state index contributed by atoms with van der Waals surface area (Å²) in [6.45, 7) is 1.05. The van der Waals surface area contributed by atoms with Crippen LogP contribution >= 0.6 is 12.2 Å². The van der Waals surface area contributed by atoms with Crippen LogP contribution in [0.5, 0.6) is 0 Å². The summed E-state index contributed by atoms with van der Waals surface area (Å²) >= 11 is 5.01. The van der Waals surface area contributed by atoms with Crippen molar-refractivity contribution in [1.29, 1.82) is 0 Å². The third-order valence-corrected chi connectivity index (χ3v) is 3.42. The molecule has 1 aliphatic carbocycles. The molecule has 1 fully saturated rings. The highest BCUT2D eigenvalue weighted by molar-refractivity contribution is 7.80. The second-order valence-corrected chi connectivity index (χ2v) is 5.36. The molecule has 1 saturated carbocycles. The fourth-order valence-corrected chi connectivity index (χ4v) is 2.52. The summed E-state index contributed by atoms with van der Waals surface area (Å²) in [6, 6.07) is 10.4. The Kier molecular flexibility index (Phi) is 3.15. The van der Waals surface area contributed by atoms with Crippen molar-refractivity contribution in [3.8, 4) is 0 Å².